The van der Waals surface area contributed by atoms with Crippen LogP contribution >= 0.6 is 0 Å². The molecule has 0 bridgehead atoms. The average Bonchev–Trinajstić information content (AvgIpc) is 2.98. The summed E-state index contributed by atoms with van der Waals surface area (Å²) in [6.07, 6.45) is 3.69. The van der Waals surface area contributed by atoms with E-state index < -0.39 is 5.54 Å². The third-order valence-electron chi connectivity index (χ3n) is 3.57. The van der Waals surface area contributed by atoms with Gasteiger partial charge in [-0.2, -0.15) is 5.10 Å². The molecule has 3 N–H and O–H groups in total. The lowest BCUT2D eigenvalue weighted by atomic mass is 9.99. The Morgan fingerprint density at radius 1 is 1.50 bits per heavy atom. The molecule has 3 rings (SSSR count). The van der Waals surface area contributed by atoms with Gasteiger partial charge in [0.2, 0.25) is 5.91 Å². The first-order chi connectivity index (χ1) is 8.67. The summed E-state index contributed by atoms with van der Waals surface area (Å²) in [6.45, 7) is 2.85. The Balaban J connectivity index is 1.81. The van der Waals surface area contributed by atoms with Crippen LogP contribution in [0.15, 0.2) is 24.4 Å². The summed E-state index contributed by atoms with van der Waals surface area (Å²) in [5, 5.41) is 14.1. The quantitative estimate of drug-likeness (QED) is 0.752. The van der Waals surface area contributed by atoms with Crippen molar-refractivity contribution >= 4 is 22.5 Å². The summed E-state index contributed by atoms with van der Waals surface area (Å²) in [7, 11) is 0. The molecule has 1 aliphatic rings. The summed E-state index contributed by atoms with van der Waals surface area (Å²) in [4.78, 5) is 12.2. The lowest BCUT2D eigenvalue weighted by Gasteiger charge is -2.23. The van der Waals surface area contributed by atoms with Crippen LogP contribution in [0.2, 0.25) is 0 Å². The Labute approximate surface area is 105 Å². The third kappa shape index (κ3) is 1.86. The van der Waals surface area contributed by atoms with Crippen molar-refractivity contribution in [1.82, 2.24) is 15.5 Å². The van der Waals surface area contributed by atoms with Crippen LogP contribution in [0.3, 0.4) is 0 Å². The van der Waals surface area contributed by atoms with Gasteiger partial charge < -0.3 is 10.6 Å². The molecule has 1 aromatic carbocycles. The van der Waals surface area contributed by atoms with Crippen LogP contribution in [-0.2, 0) is 4.79 Å². The van der Waals surface area contributed by atoms with Gasteiger partial charge in [-0.3, -0.25) is 9.89 Å². The van der Waals surface area contributed by atoms with Gasteiger partial charge in [0.25, 0.3) is 0 Å². The van der Waals surface area contributed by atoms with Crippen LogP contribution < -0.4 is 10.6 Å². The van der Waals surface area contributed by atoms with Gasteiger partial charge in [-0.1, -0.05) is 0 Å². The van der Waals surface area contributed by atoms with E-state index in [2.05, 4.69) is 20.8 Å². The largest absolute Gasteiger partial charge is 0.324 e. The Morgan fingerprint density at radius 3 is 3.17 bits per heavy atom. The van der Waals surface area contributed by atoms with Crippen LogP contribution in [0.1, 0.15) is 19.8 Å². The highest BCUT2D eigenvalue weighted by atomic mass is 16.2. The Kier molecular flexibility index (Phi) is 2.56. The van der Waals surface area contributed by atoms with Crippen LogP contribution in [0.25, 0.3) is 10.9 Å². The fourth-order valence-electron chi connectivity index (χ4n) is 2.37. The van der Waals surface area contributed by atoms with Gasteiger partial charge in [-0.15, -0.1) is 0 Å². The highest BCUT2D eigenvalue weighted by molar-refractivity contribution is 5.99. The number of aromatic amines is 1. The van der Waals surface area contributed by atoms with Gasteiger partial charge in [0.1, 0.15) is 0 Å². The number of carbonyl (C=O) groups is 1. The van der Waals surface area contributed by atoms with Crippen molar-refractivity contribution in [2.24, 2.45) is 0 Å². The van der Waals surface area contributed by atoms with Crippen LogP contribution in [0.4, 0.5) is 5.69 Å². The minimum Gasteiger partial charge on any atom is -0.324 e. The first kappa shape index (κ1) is 11.2. The number of carbonyl (C=O) groups excluding carboxylic acids is 1. The maximum atomic E-state index is 12.2. The normalized spacial score (nSPS) is 23.4. The Bertz CT molecular complexity index is 583. The fraction of sp³-hybridized carbons (Fsp3) is 0.385. The molecule has 0 saturated carbocycles. The molecular formula is C13H16N4O. The number of rotatable bonds is 2. The number of fused-ring (bicyclic) bond motifs is 1. The number of anilines is 1. The second-order valence-electron chi connectivity index (χ2n) is 4.99. The molecule has 2 aromatic rings. The molecule has 1 amide bonds. The van der Waals surface area contributed by atoms with Crippen molar-refractivity contribution < 1.29 is 4.79 Å². The molecule has 1 saturated heterocycles. The molecular weight excluding hydrogens is 228 g/mol. The number of aromatic nitrogens is 2. The number of hydrogen-bond acceptors (Lipinski definition) is 3. The lowest BCUT2D eigenvalue weighted by Crippen LogP contribution is -2.47. The monoisotopic (exact) mass is 244 g/mol. The average molecular weight is 244 g/mol. The van der Waals surface area contributed by atoms with Crippen molar-refractivity contribution in [2.45, 2.75) is 25.3 Å². The summed E-state index contributed by atoms with van der Waals surface area (Å²) >= 11 is 0. The fourth-order valence-corrected chi connectivity index (χ4v) is 2.37. The second-order valence-corrected chi connectivity index (χ2v) is 4.99. The van der Waals surface area contributed by atoms with E-state index >= 15 is 0 Å². The summed E-state index contributed by atoms with van der Waals surface area (Å²) in [6, 6.07) is 5.74. The standard InChI is InChI=1S/C13H16N4O/c1-13(5-2-6-14-13)12(18)16-10-4-3-9-8-15-17-11(9)7-10/h3-4,7-8,14H,2,5-6H2,1H3,(H,15,17)(H,16,18). The summed E-state index contributed by atoms with van der Waals surface area (Å²) in [5.41, 5.74) is 1.28. The zero-order valence-corrected chi connectivity index (χ0v) is 10.3. The molecule has 0 radical (unpaired) electrons. The van der Waals surface area contributed by atoms with Crippen LogP contribution in [0, 0.1) is 0 Å². The van der Waals surface area contributed by atoms with Gasteiger partial charge in [-0.25, -0.2) is 0 Å². The highest BCUT2D eigenvalue weighted by Gasteiger charge is 2.35. The van der Waals surface area contributed by atoms with E-state index in [1.165, 1.54) is 0 Å². The van der Waals surface area contributed by atoms with E-state index in [0.717, 1.165) is 36.0 Å². The van der Waals surface area contributed by atoms with Crippen LogP contribution in [-0.4, -0.2) is 28.2 Å². The van der Waals surface area contributed by atoms with E-state index in [9.17, 15) is 4.79 Å². The molecule has 0 spiro atoms. The number of hydrogen-bond donors (Lipinski definition) is 3. The topological polar surface area (TPSA) is 69.8 Å². The van der Waals surface area contributed by atoms with E-state index in [-0.39, 0.29) is 5.91 Å². The maximum Gasteiger partial charge on any atom is 0.244 e. The Morgan fingerprint density at radius 2 is 2.39 bits per heavy atom. The molecule has 94 valence electrons. The van der Waals surface area contributed by atoms with Gasteiger partial charge in [-0.05, 0) is 44.5 Å². The zero-order chi connectivity index (χ0) is 12.6. The van der Waals surface area contributed by atoms with E-state index in [4.69, 9.17) is 0 Å². The zero-order valence-electron chi connectivity index (χ0n) is 10.3. The van der Waals surface area contributed by atoms with Crippen molar-refractivity contribution in [1.29, 1.82) is 0 Å². The predicted octanol–water partition coefficient (Wildman–Crippen LogP) is 1.64. The molecule has 1 unspecified atom stereocenters. The predicted molar refractivity (Wildman–Crippen MR) is 70.4 cm³/mol. The van der Waals surface area contributed by atoms with Gasteiger partial charge >= 0.3 is 0 Å². The van der Waals surface area contributed by atoms with Crippen molar-refractivity contribution in [3.8, 4) is 0 Å². The SMILES string of the molecule is CC1(C(=O)Nc2ccc3cn[nH]c3c2)CCCN1. The number of benzene rings is 1. The third-order valence-corrected chi connectivity index (χ3v) is 3.57. The maximum absolute atomic E-state index is 12.2. The highest BCUT2D eigenvalue weighted by Crippen LogP contribution is 2.22. The molecule has 1 fully saturated rings. The van der Waals surface area contributed by atoms with Crippen molar-refractivity contribution in [3.63, 3.8) is 0 Å². The molecule has 2 heterocycles. The van der Waals surface area contributed by atoms with E-state index in [0.29, 0.717) is 0 Å². The van der Waals surface area contributed by atoms with Gasteiger partial charge in [0.15, 0.2) is 0 Å². The molecule has 5 nitrogen and oxygen atoms in total. The number of amides is 1. The molecule has 18 heavy (non-hydrogen) atoms. The number of nitrogens with zero attached hydrogens (tertiary/aromatic N) is 1. The minimum atomic E-state index is -0.442. The van der Waals surface area contributed by atoms with Gasteiger partial charge in [0, 0.05) is 11.1 Å². The Hall–Kier alpha value is -1.88. The first-order valence-corrected chi connectivity index (χ1v) is 6.17. The van der Waals surface area contributed by atoms with E-state index in [1.54, 1.807) is 6.20 Å². The lowest BCUT2D eigenvalue weighted by molar-refractivity contribution is -0.121. The molecule has 5 heteroatoms. The molecule has 0 aliphatic carbocycles. The molecule has 1 aromatic heterocycles. The smallest absolute Gasteiger partial charge is 0.244 e. The van der Waals surface area contributed by atoms with Crippen molar-refractivity contribution in [3.05, 3.63) is 24.4 Å². The number of H-pyrrole nitrogens is 1. The molecule has 1 aliphatic heterocycles. The molecule has 1 atom stereocenters. The summed E-state index contributed by atoms with van der Waals surface area (Å²) < 4.78 is 0. The first-order valence-electron chi connectivity index (χ1n) is 6.17. The van der Waals surface area contributed by atoms with Crippen molar-refractivity contribution in [2.75, 3.05) is 11.9 Å². The van der Waals surface area contributed by atoms with Gasteiger partial charge in [0.05, 0.1) is 17.3 Å². The van der Waals surface area contributed by atoms with Crippen LogP contribution in [0.5, 0.6) is 0 Å². The van der Waals surface area contributed by atoms with E-state index in [1.807, 2.05) is 25.1 Å². The second kappa shape index (κ2) is 4.10. The minimum absolute atomic E-state index is 0.0267. The number of nitrogens with one attached hydrogen (secondary N) is 3. The summed E-state index contributed by atoms with van der Waals surface area (Å²) in [5.74, 6) is 0.0267.